The molecule has 0 saturated heterocycles. The third-order valence-electron chi connectivity index (χ3n) is 3.53. The van der Waals surface area contributed by atoms with Gasteiger partial charge in [-0.15, -0.1) is 0 Å². The largest absolute Gasteiger partial charge is 0.381 e. The second kappa shape index (κ2) is 5.63. The van der Waals surface area contributed by atoms with Crippen molar-refractivity contribution in [3.8, 4) is 0 Å². The molecular formula is C15H20BrNO2. The maximum atomic E-state index is 12.0. The third-order valence-corrected chi connectivity index (χ3v) is 4.02. The Hall–Kier alpha value is -0.870. The van der Waals surface area contributed by atoms with E-state index in [-0.39, 0.29) is 11.9 Å². The molecule has 1 aromatic carbocycles. The van der Waals surface area contributed by atoms with E-state index in [1.807, 2.05) is 6.07 Å². The van der Waals surface area contributed by atoms with Gasteiger partial charge >= 0.3 is 0 Å². The lowest BCUT2D eigenvalue weighted by Gasteiger charge is -2.24. The van der Waals surface area contributed by atoms with E-state index in [0.717, 1.165) is 30.2 Å². The standard InChI is InChI=1S/C15H20BrNO2/c1-15(2,19)14(18)17-13-6-4-3-5-10-9-11(16)7-8-12(10)13/h7-9,13,19H,3-6H2,1-2H3,(H,17,18). The highest BCUT2D eigenvalue weighted by atomic mass is 79.9. The topological polar surface area (TPSA) is 49.3 Å². The molecule has 1 aliphatic carbocycles. The maximum absolute atomic E-state index is 12.0. The molecule has 1 unspecified atom stereocenters. The molecule has 0 aliphatic heterocycles. The molecule has 0 saturated carbocycles. The van der Waals surface area contributed by atoms with Gasteiger partial charge in [-0.25, -0.2) is 0 Å². The molecule has 0 bridgehead atoms. The van der Waals surface area contributed by atoms with Crippen molar-refractivity contribution in [1.29, 1.82) is 0 Å². The molecular weight excluding hydrogens is 306 g/mol. The molecule has 1 atom stereocenters. The van der Waals surface area contributed by atoms with E-state index in [4.69, 9.17) is 0 Å². The van der Waals surface area contributed by atoms with E-state index in [1.54, 1.807) is 0 Å². The summed E-state index contributed by atoms with van der Waals surface area (Å²) in [5.41, 5.74) is 1.13. The second-order valence-electron chi connectivity index (χ2n) is 5.67. The van der Waals surface area contributed by atoms with Crippen LogP contribution in [0.3, 0.4) is 0 Å². The first kappa shape index (κ1) is 14.5. The number of aryl methyl sites for hydroxylation is 1. The average molecular weight is 326 g/mol. The zero-order valence-electron chi connectivity index (χ0n) is 11.4. The number of amides is 1. The normalized spacial score (nSPS) is 19.5. The van der Waals surface area contributed by atoms with Crippen molar-refractivity contribution in [2.75, 3.05) is 0 Å². The van der Waals surface area contributed by atoms with Gasteiger partial charge in [0.1, 0.15) is 5.60 Å². The number of hydrogen-bond donors (Lipinski definition) is 2. The second-order valence-corrected chi connectivity index (χ2v) is 6.59. The predicted octanol–water partition coefficient (Wildman–Crippen LogP) is 3.10. The molecule has 3 nitrogen and oxygen atoms in total. The predicted molar refractivity (Wildman–Crippen MR) is 78.9 cm³/mol. The lowest BCUT2D eigenvalue weighted by Crippen LogP contribution is -2.43. The minimum Gasteiger partial charge on any atom is -0.381 e. The molecule has 0 radical (unpaired) electrons. The Labute approximate surface area is 122 Å². The van der Waals surface area contributed by atoms with Crippen molar-refractivity contribution in [2.24, 2.45) is 0 Å². The average Bonchev–Trinajstić information content (AvgIpc) is 2.50. The van der Waals surface area contributed by atoms with Gasteiger partial charge < -0.3 is 10.4 Å². The minimum atomic E-state index is -1.33. The summed E-state index contributed by atoms with van der Waals surface area (Å²) in [4.78, 5) is 12.0. The summed E-state index contributed by atoms with van der Waals surface area (Å²) < 4.78 is 1.07. The van der Waals surface area contributed by atoms with Crippen LogP contribution in [0.2, 0.25) is 0 Å². The van der Waals surface area contributed by atoms with E-state index in [2.05, 4.69) is 33.4 Å². The molecule has 2 N–H and O–H groups in total. The number of nitrogens with one attached hydrogen (secondary N) is 1. The summed E-state index contributed by atoms with van der Waals surface area (Å²) in [6.07, 6.45) is 4.20. The lowest BCUT2D eigenvalue weighted by atomic mass is 9.98. The summed E-state index contributed by atoms with van der Waals surface area (Å²) in [5.74, 6) is -0.312. The summed E-state index contributed by atoms with van der Waals surface area (Å²) in [7, 11) is 0. The molecule has 0 aromatic heterocycles. The number of benzene rings is 1. The fraction of sp³-hybridized carbons (Fsp3) is 0.533. The molecule has 2 rings (SSSR count). The van der Waals surface area contributed by atoms with E-state index in [0.29, 0.717) is 0 Å². The van der Waals surface area contributed by atoms with Crippen LogP contribution in [0.5, 0.6) is 0 Å². The zero-order valence-corrected chi connectivity index (χ0v) is 13.0. The van der Waals surface area contributed by atoms with Crippen LogP contribution >= 0.6 is 15.9 Å². The molecule has 0 fully saturated rings. The number of aliphatic hydroxyl groups is 1. The van der Waals surface area contributed by atoms with Crippen LogP contribution in [0.25, 0.3) is 0 Å². The van der Waals surface area contributed by atoms with Crippen LogP contribution in [0.15, 0.2) is 22.7 Å². The third kappa shape index (κ3) is 3.57. The van der Waals surface area contributed by atoms with Crippen LogP contribution in [-0.2, 0) is 11.2 Å². The van der Waals surface area contributed by atoms with Gasteiger partial charge in [0.15, 0.2) is 0 Å². The summed E-state index contributed by atoms with van der Waals surface area (Å²) in [6, 6.07) is 6.21. The van der Waals surface area contributed by atoms with Gasteiger partial charge in [0, 0.05) is 4.47 Å². The Bertz CT molecular complexity index is 480. The number of fused-ring (bicyclic) bond motifs is 1. The zero-order chi connectivity index (χ0) is 14.0. The van der Waals surface area contributed by atoms with E-state index >= 15 is 0 Å². The maximum Gasteiger partial charge on any atom is 0.251 e. The fourth-order valence-corrected chi connectivity index (χ4v) is 2.84. The Kier molecular flexibility index (Phi) is 4.31. The molecule has 1 aliphatic rings. The smallest absolute Gasteiger partial charge is 0.251 e. The van der Waals surface area contributed by atoms with Gasteiger partial charge in [-0.3, -0.25) is 4.79 Å². The highest BCUT2D eigenvalue weighted by molar-refractivity contribution is 9.10. The van der Waals surface area contributed by atoms with E-state index < -0.39 is 5.60 Å². The van der Waals surface area contributed by atoms with Gasteiger partial charge in [-0.1, -0.05) is 28.4 Å². The summed E-state index contributed by atoms with van der Waals surface area (Å²) in [5, 5.41) is 12.7. The summed E-state index contributed by atoms with van der Waals surface area (Å²) >= 11 is 3.49. The van der Waals surface area contributed by atoms with Crippen molar-refractivity contribution in [2.45, 2.75) is 51.2 Å². The van der Waals surface area contributed by atoms with Gasteiger partial charge in [0.25, 0.3) is 5.91 Å². The Morgan fingerprint density at radius 2 is 2.16 bits per heavy atom. The first-order chi connectivity index (χ1) is 8.88. The SMILES string of the molecule is CC(C)(O)C(=O)NC1CCCCc2cc(Br)ccc21. The highest BCUT2D eigenvalue weighted by Crippen LogP contribution is 2.31. The highest BCUT2D eigenvalue weighted by Gasteiger charge is 2.28. The summed E-state index contributed by atoms with van der Waals surface area (Å²) in [6.45, 7) is 3.03. The van der Waals surface area contributed by atoms with Crippen LogP contribution in [0.1, 0.15) is 50.3 Å². The Morgan fingerprint density at radius 3 is 2.84 bits per heavy atom. The van der Waals surface area contributed by atoms with Crippen LogP contribution in [-0.4, -0.2) is 16.6 Å². The van der Waals surface area contributed by atoms with Crippen molar-refractivity contribution < 1.29 is 9.90 Å². The van der Waals surface area contributed by atoms with Gasteiger partial charge in [-0.05, 0) is 56.4 Å². The number of carbonyl (C=O) groups is 1. The van der Waals surface area contributed by atoms with Crippen LogP contribution in [0, 0.1) is 0 Å². The number of hydrogen-bond acceptors (Lipinski definition) is 2. The molecule has 0 heterocycles. The molecule has 1 aromatic rings. The molecule has 1 amide bonds. The minimum absolute atomic E-state index is 0.00419. The molecule has 104 valence electrons. The first-order valence-electron chi connectivity index (χ1n) is 6.69. The van der Waals surface area contributed by atoms with Crippen LogP contribution in [0.4, 0.5) is 0 Å². The Morgan fingerprint density at radius 1 is 1.42 bits per heavy atom. The van der Waals surface area contributed by atoms with Crippen molar-refractivity contribution in [3.63, 3.8) is 0 Å². The number of rotatable bonds is 2. The van der Waals surface area contributed by atoms with Crippen molar-refractivity contribution in [3.05, 3.63) is 33.8 Å². The first-order valence-corrected chi connectivity index (χ1v) is 7.49. The molecule has 19 heavy (non-hydrogen) atoms. The van der Waals surface area contributed by atoms with E-state index in [9.17, 15) is 9.90 Å². The van der Waals surface area contributed by atoms with Gasteiger partial charge in [0.05, 0.1) is 6.04 Å². The Balaban J connectivity index is 2.25. The lowest BCUT2D eigenvalue weighted by molar-refractivity contribution is -0.137. The molecule has 0 spiro atoms. The van der Waals surface area contributed by atoms with Gasteiger partial charge in [0.2, 0.25) is 0 Å². The monoisotopic (exact) mass is 325 g/mol. The van der Waals surface area contributed by atoms with Crippen molar-refractivity contribution >= 4 is 21.8 Å². The fourth-order valence-electron chi connectivity index (χ4n) is 2.43. The van der Waals surface area contributed by atoms with Crippen molar-refractivity contribution in [1.82, 2.24) is 5.32 Å². The quantitative estimate of drug-likeness (QED) is 0.821. The van der Waals surface area contributed by atoms with E-state index in [1.165, 1.54) is 25.0 Å². The van der Waals surface area contributed by atoms with Crippen LogP contribution < -0.4 is 5.32 Å². The number of carbonyl (C=O) groups excluding carboxylic acids is 1. The van der Waals surface area contributed by atoms with Gasteiger partial charge in [-0.2, -0.15) is 0 Å². The molecule has 4 heteroatoms. The number of halogens is 1.